The van der Waals surface area contributed by atoms with Gasteiger partial charge in [-0.25, -0.2) is 0 Å². The van der Waals surface area contributed by atoms with Crippen LogP contribution >= 0.6 is 7.14 Å². The standard InChI is InChI=1S/C24H23OP/c1-19-18-24(2,21-14-8-4-9-15-21)26(25,22-16-10-5-11-17-22)23(19)20-12-6-3-7-13-20/h3-17H,18H2,1-2H3/t24-,26+/m1/s1. The summed E-state index contributed by atoms with van der Waals surface area (Å²) in [6, 6.07) is 30.7. The summed E-state index contributed by atoms with van der Waals surface area (Å²) >= 11 is 0. The zero-order chi connectivity index (χ0) is 18.2. The molecule has 0 radical (unpaired) electrons. The Morgan fingerprint density at radius 2 is 1.27 bits per heavy atom. The Labute approximate surface area is 155 Å². The van der Waals surface area contributed by atoms with Crippen molar-refractivity contribution in [2.45, 2.75) is 25.4 Å². The van der Waals surface area contributed by atoms with Crippen LogP contribution in [0.5, 0.6) is 0 Å². The van der Waals surface area contributed by atoms with Gasteiger partial charge in [-0.15, -0.1) is 0 Å². The Balaban J connectivity index is 2.02. The van der Waals surface area contributed by atoms with Crippen LogP contribution in [-0.4, -0.2) is 0 Å². The molecule has 1 heterocycles. The number of benzene rings is 3. The van der Waals surface area contributed by atoms with E-state index in [1.54, 1.807) is 0 Å². The normalized spacial score (nSPS) is 25.5. The second kappa shape index (κ2) is 6.41. The van der Waals surface area contributed by atoms with Crippen LogP contribution in [0.4, 0.5) is 0 Å². The lowest BCUT2D eigenvalue weighted by Crippen LogP contribution is -2.24. The van der Waals surface area contributed by atoms with Gasteiger partial charge >= 0.3 is 0 Å². The fourth-order valence-corrected chi connectivity index (χ4v) is 8.40. The summed E-state index contributed by atoms with van der Waals surface area (Å²) in [6.45, 7) is 4.32. The van der Waals surface area contributed by atoms with Crippen molar-refractivity contribution in [1.82, 2.24) is 0 Å². The fraction of sp³-hybridized carbons (Fsp3) is 0.167. The van der Waals surface area contributed by atoms with Gasteiger partial charge in [0.25, 0.3) is 0 Å². The molecule has 0 fully saturated rings. The first kappa shape index (κ1) is 17.1. The molecule has 0 saturated carbocycles. The highest BCUT2D eigenvalue weighted by atomic mass is 31.2. The number of rotatable bonds is 3. The molecule has 0 amide bonds. The minimum Gasteiger partial charge on any atom is -0.313 e. The van der Waals surface area contributed by atoms with Gasteiger partial charge in [0.05, 0.1) is 5.16 Å². The van der Waals surface area contributed by atoms with E-state index >= 15 is 0 Å². The lowest BCUT2D eigenvalue weighted by Gasteiger charge is -2.35. The van der Waals surface area contributed by atoms with Crippen LogP contribution in [0.2, 0.25) is 0 Å². The Morgan fingerprint density at radius 3 is 1.85 bits per heavy atom. The van der Waals surface area contributed by atoms with E-state index in [4.69, 9.17) is 0 Å². The van der Waals surface area contributed by atoms with Crippen molar-refractivity contribution in [1.29, 1.82) is 0 Å². The molecule has 0 bridgehead atoms. The van der Waals surface area contributed by atoms with Crippen LogP contribution in [-0.2, 0) is 9.72 Å². The Kier molecular flexibility index (Phi) is 4.21. The predicted octanol–water partition coefficient (Wildman–Crippen LogP) is 6.43. The summed E-state index contributed by atoms with van der Waals surface area (Å²) in [5.41, 5.74) is 3.46. The summed E-state index contributed by atoms with van der Waals surface area (Å²) in [6.07, 6.45) is 0.813. The van der Waals surface area contributed by atoms with Crippen molar-refractivity contribution >= 4 is 17.8 Å². The molecule has 1 aliphatic rings. The molecule has 0 N–H and O–H groups in total. The fourth-order valence-electron chi connectivity index (χ4n) is 4.38. The quantitative estimate of drug-likeness (QED) is 0.493. The molecular formula is C24H23OP. The Hall–Kier alpha value is -2.37. The molecule has 1 aliphatic heterocycles. The monoisotopic (exact) mass is 358 g/mol. The van der Waals surface area contributed by atoms with Crippen molar-refractivity contribution in [3.05, 3.63) is 108 Å². The van der Waals surface area contributed by atoms with Gasteiger partial charge in [-0.05, 0) is 31.4 Å². The van der Waals surface area contributed by atoms with E-state index in [1.807, 2.05) is 66.7 Å². The van der Waals surface area contributed by atoms with Crippen molar-refractivity contribution in [2.75, 3.05) is 0 Å². The van der Waals surface area contributed by atoms with Gasteiger partial charge in [-0.3, -0.25) is 0 Å². The maximum Gasteiger partial charge on any atom is 0.153 e. The molecule has 4 rings (SSSR count). The molecule has 3 aromatic rings. The maximum atomic E-state index is 15.0. The highest BCUT2D eigenvalue weighted by Gasteiger charge is 2.54. The highest BCUT2D eigenvalue weighted by Crippen LogP contribution is 2.77. The third-order valence-electron chi connectivity index (χ3n) is 5.59. The lowest BCUT2D eigenvalue weighted by molar-refractivity contribution is 0.552. The first-order chi connectivity index (χ1) is 12.6. The van der Waals surface area contributed by atoms with Gasteiger partial charge in [-0.2, -0.15) is 0 Å². The topological polar surface area (TPSA) is 17.1 Å². The molecule has 0 spiro atoms. The molecule has 26 heavy (non-hydrogen) atoms. The number of allylic oxidation sites excluding steroid dienone is 1. The third kappa shape index (κ3) is 2.42. The average Bonchev–Trinajstić information content (AvgIpc) is 2.91. The average molecular weight is 358 g/mol. The summed E-state index contributed by atoms with van der Waals surface area (Å²) in [4.78, 5) is 0. The summed E-state index contributed by atoms with van der Waals surface area (Å²) < 4.78 is 15.0. The molecule has 2 atom stereocenters. The van der Waals surface area contributed by atoms with Gasteiger partial charge in [-0.1, -0.05) is 96.6 Å². The molecule has 0 aromatic heterocycles. The van der Waals surface area contributed by atoms with Crippen LogP contribution in [0.3, 0.4) is 0 Å². The predicted molar refractivity (Wildman–Crippen MR) is 111 cm³/mol. The van der Waals surface area contributed by atoms with Crippen molar-refractivity contribution in [3.63, 3.8) is 0 Å². The van der Waals surface area contributed by atoms with Crippen LogP contribution < -0.4 is 5.30 Å². The SMILES string of the molecule is CC1=C(c2ccccc2)[P@@](=O)(c2ccccc2)[C@@](C)(c2ccccc2)C1. The largest absolute Gasteiger partial charge is 0.313 e. The van der Waals surface area contributed by atoms with Gasteiger partial charge in [0.15, 0.2) is 7.14 Å². The van der Waals surface area contributed by atoms with E-state index in [2.05, 4.69) is 38.1 Å². The lowest BCUT2D eigenvalue weighted by atomic mass is 9.93. The second-order valence-corrected chi connectivity index (χ2v) is 10.4. The molecule has 2 heteroatoms. The van der Waals surface area contributed by atoms with Gasteiger partial charge in [0, 0.05) is 10.6 Å². The number of hydrogen-bond donors (Lipinski definition) is 0. The van der Waals surface area contributed by atoms with Crippen molar-refractivity contribution in [2.24, 2.45) is 0 Å². The Morgan fingerprint density at radius 1 is 0.769 bits per heavy atom. The minimum atomic E-state index is -2.87. The van der Waals surface area contributed by atoms with E-state index in [0.717, 1.165) is 28.2 Å². The molecule has 130 valence electrons. The molecule has 0 unspecified atom stereocenters. The molecule has 0 aliphatic carbocycles. The second-order valence-electron chi connectivity index (χ2n) is 7.26. The zero-order valence-electron chi connectivity index (χ0n) is 15.2. The first-order valence-electron chi connectivity index (χ1n) is 9.04. The summed E-state index contributed by atoms with van der Waals surface area (Å²) in [5.74, 6) is 0. The Bertz CT molecular complexity index is 990. The molecule has 1 nitrogen and oxygen atoms in total. The minimum absolute atomic E-state index is 0.426. The van der Waals surface area contributed by atoms with Crippen LogP contribution in [0.25, 0.3) is 5.31 Å². The smallest absolute Gasteiger partial charge is 0.153 e. The van der Waals surface area contributed by atoms with Crippen molar-refractivity contribution in [3.8, 4) is 0 Å². The first-order valence-corrected chi connectivity index (χ1v) is 10.7. The molecular weight excluding hydrogens is 335 g/mol. The van der Waals surface area contributed by atoms with E-state index in [9.17, 15) is 4.57 Å². The van der Waals surface area contributed by atoms with E-state index in [1.165, 1.54) is 5.57 Å². The third-order valence-corrected chi connectivity index (χ3v) is 9.69. The van der Waals surface area contributed by atoms with Gasteiger partial charge in [0.2, 0.25) is 0 Å². The van der Waals surface area contributed by atoms with Gasteiger partial charge in [0.1, 0.15) is 0 Å². The van der Waals surface area contributed by atoms with E-state index in [-0.39, 0.29) is 0 Å². The summed E-state index contributed by atoms with van der Waals surface area (Å²) in [7, 11) is -2.87. The van der Waals surface area contributed by atoms with Crippen LogP contribution in [0.1, 0.15) is 31.4 Å². The summed E-state index contributed by atoms with van der Waals surface area (Å²) in [5, 5.41) is 1.56. The van der Waals surface area contributed by atoms with Crippen LogP contribution in [0.15, 0.2) is 96.6 Å². The zero-order valence-corrected chi connectivity index (χ0v) is 16.1. The number of hydrogen-bond acceptors (Lipinski definition) is 1. The van der Waals surface area contributed by atoms with Crippen LogP contribution in [0, 0.1) is 0 Å². The highest BCUT2D eigenvalue weighted by molar-refractivity contribution is 7.82. The van der Waals surface area contributed by atoms with Gasteiger partial charge < -0.3 is 4.57 Å². The van der Waals surface area contributed by atoms with Crippen molar-refractivity contribution < 1.29 is 4.57 Å². The van der Waals surface area contributed by atoms with E-state index < -0.39 is 12.3 Å². The maximum absolute atomic E-state index is 15.0. The molecule has 0 saturated heterocycles. The van der Waals surface area contributed by atoms with E-state index in [0.29, 0.717) is 0 Å². The molecule has 3 aromatic carbocycles.